The molecule has 4 nitrogen and oxygen atoms in total. The molecular formula is C19H19Cl2NO3. The van der Waals surface area contributed by atoms with Crippen LogP contribution in [-0.4, -0.2) is 23.1 Å². The van der Waals surface area contributed by atoms with Crippen molar-refractivity contribution in [2.45, 2.75) is 32.9 Å². The van der Waals surface area contributed by atoms with Crippen LogP contribution in [0.25, 0.3) is 0 Å². The lowest BCUT2D eigenvalue weighted by Gasteiger charge is -2.36. The quantitative estimate of drug-likeness (QED) is 0.738. The molecule has 0 radical (unpaired) electrons. The van der Waals surface area contributed by atoms with Gasteiger partial charge in [0, 0.05) is 17.6 Å². The molecule has 0 spiro atoms. The van der Waals surface area contributed by atoms with Gasteiger partial charge in [-0.05, 0) is 56.7 Å². The van der Waals surface area contributed by atoms with Gasteiger partial charge in [0.25, 0.3) is 5.91 Å². The van der Waals surface area contributed by atoms with Crippen molar-refractivity contribution < 1.29 is 14.3 Å². The lowest BCUT2D eigenvalue weighted by molar-refractivity contribution is 0.0558. The van der Waals surface area contributed by atoms with Crippen LogP contribution in [-0.2, 0) is 6.54 Å². The molecule has 3 rings (SSSR count). The van der Waals surface area contributed by atoms with Gasteiger partial charge in [-0.1, -0.05) is 29.3 Å². The molecule has 0 atom stereocenters. The van der Waals surface area contributed by atoms with Gasteiger partial charge in [0.05, 0.1) is 10.0 Å². The summed E-state index contributed by atoms with van der Waals surface area (Å²) >= 11 is 12.0. The summed E-state index contributed by atoms with van der Waals surface area (Å²) in [5.74, 6) is 1.32. The predicted molar refractivity (Wildman–Crippen MR) is 98.7 cm³/mol. The van der Waals surface area contributed by atoms with Gasteiger partial charge in [0.1, 0.15) is 0 Å². The van der Waals surface area contributed by atoms with Crippen LogP contribution in [0.1, 0.15) is 36.7 Å². The minimum absolute atomic E-state index is 0.108. The van der Waals surface area contributed by atoms with E-state index in [4.69, 9.17) is 32.7 Å². The third-order valence-corrected chi connectivity index (χ3v) is 4.74. The highest BCUT2D eigenvalue weighted by atomic mass is 35.5. The molecule has 2 aromatic rings. The summed E-state index contributed by atoms with van der Waals surface area (Å²) in [6.07, 6.45) is 0. The maximum Gasteiger partial charge on any atom is 0.254 e. The van der Waals surface area contributed by atoms with Gasteiger partial charge >= 0.3 is 0 Å². The highest BCUT2D eigenvalue weighted by Gasteiger charge is 2.28. The van der Waals surface area contributed by atoms with E-state index in [1.807, 2.05) is 39.0 Å². The second-order valence-electron chi connectivity index (χ2n) is 6.88. The van der Waals surface area contributed by atoms with E-state index in [-0.39, 0.29) is 18.2 Å². The van der Waals surface area contributed by atoms with E-state index in [0.717, 1.165) is 11.3 Å². The van der Waals surface area contributed by atoms with Crippen molar-refractivity contribution in [1.29, 1.82) is 0 Å². The lowest BCUT2D eigenvalue weighted by atomic mass is 10.0. The number of rotatable bonds is 3. The highest BCUT2D eigenvalue weighted by Crippen LogP contribution is 2.34. The van der Waals surface area contributed by atoms with Gasteiger partial charge in [0.2, 0.25) is 6.79 Å². The number of halogens is 2. The van der Waals surface area contributed by atoms with Crippen LogP contribution < -0.4 is 9.47 Å². The van der Waals surface area contributed by atoms with Crippen molar-refractivity contribution in [3.8, 4) is 11.5 Å². The topological polar surface area (TPSA) is 38.8 Å². The van der Waals surface area contributed by atoms with Gasteiger partial charge < -0.3 is 14.4 Å². The Labute approximate surface area is 157 Å². The predicted octanol–water partition coefficient (Wildman–Crippen LogP) is 5.16. The molecule has 25 heavy (non-hydrogen) atoms. The molecule has 0 aromatic heterocycles. The van der Waals surface area contributed by atoms with Crippen molar-refractivity contribution in [3.63, 3.8) is 0 Å². The number of ether oxygens (including phenoxy) is 2. The van der Waals surface area contributed by atoms with E-state index in [2.05, 4.69) is 0 Å². The molecule has 1 aliphatic heterocycles. The van der Waals surface area contributed by atoms with Crippen LogP contribution in [0.5, 0.6) is 11.5 Å². The summed E-state index contributed by atoms with van der Waals surface area (Å²) in [6, 6.07) is 10.6. The molecule has 1 amide bonds. The van der Waals surface area contributed by atoms with E-state index >= 15 is 0 Å². The fraction of sp³-hybridized carbons (Fsp3) is 0.316. The Morgan fingerprint density at radius 2 is 1.76 bits per heavy atom. The summed E-state index contributed by atoms with van der Waals surface area (Å²) in [5.41, 5.74) is 1.09. The number of fused-ring (bicyclic) bond motifs is 1. The summed E-state index contributed by atoms with van der Waals surface area (Å²) < 4.78 is 10.8. The maximum absolute atomic E-state index is 13.1. The molecule has 0 bridgehead atoms. The Balaban J connectivity index is 1.89. The maximum atomic E-state index is 13.1. The van der Waals surface area contributed by atoms with Crippen LogP contribution in [0.4, 0.5) is 0 Å². The number of carbonyl (C=O) groups is 1. The minimum atomic E-state index is -0.375. The Morgan fingerprint density at radius 3 is 2.44 bits per heavy atom. The summed E-state index contributed by atoms with van der Waals surface area (Å²) in [5, 5.41) is 0.792. The molecule has 0 unspecified atom stereocenters. The fourth-order valence-electron chi connectivity index (χ4n) is 2.62. The zero-order valence-electron chi connectivity index (χ0n) is 14.3. The van der Waals surface area contributed by atoms with E-state index in [1.54, 1.807) is 23.1 Å². The summed E-state index contributed by atoms with van der Waals surface area (Å²) in [4.78, 5) is 14.9. The van der Waals surface area contributed by atoms with Gasteiger partial charge in [-0.2, -0.15) is 0 Å². The summed E-state index contributed by atoms with van der Waals surface area (Å²) in [6.45, 7) is 6.66. The van der Waals surface area contributed by atoms with Crippen LogP contribution in [0.3, 0.4) is 0 Å². The molecular weight excluding hydrogens is 361 g/mol. The van der Waals surface area contributed by atoms with Crippen LogP contribution in [0.2, 0.25) is 10.0 Å². The van der Waals surface area contributed by atoms with E-state index < -0.39 is 0 Å². The van der Waals surface area contributed by atoms with Crippen LogP contribution in [0.15, 0.2) is 36.4 Å². The second-order valence-corrected chi connectivity index (χ2v) is 7.69. The van der Waals surface area contributed by atoms with Gasteiger partial charge in [-0.3, -0.25) is 4.79 Å². The first-order valence-electron chi connectivity index (χ1n) is 7.91. The third-order valence-electron chi connectivity index (χ3n) is 4.00. The zero-order valence-corrected chi connectivity index (χ0v) is 15.8. The van der Waals surface area contributed by atoms with Crippen molar-refractivity contribution >= 4 is 29.1 Å². The molecule has 0 fully saturated rings. The molecule has 0 N–H and O–H groups in total. The summed E-state index contributed by atoms with van der Waals surface area (Å²) in [7, 11) is 0. The molecule has 2 aromatic carbocycles. The number of hydrogen-bond acceptors (Lipinski definition) is 3. The average Bonchev–Trinajstić information content (AvgIpc) is 3.01. The second kappa shape index (κ2) is 6.77. The largest absolute Gasteiger partial charge is 0.454 e. The molecule has 0 aliphatic carbocycles. The Morgan fingerprint density at radius 1 is 1.04 bits per heavy atom. The Kier molecular flexibility index (Phi) is 4.85. The van der Waals surface area contributed by atoms with Gasteiger partial charge in [-0.25, -0.2) is 0 Å². The first-order chi connectivity index (χ1) is 11.8. The Hall–Kier alpha value is -1.91. The monoisotopic (exact) mass is 379 g/mol. The van der Waals surface area contributed by atoms with Gasteiger partial charge in [-0.15, -0.1) is 0 Å². The smallest absolute Gasteiger partial charge is 0.254 e. The zero-order chi connectivity index (χ0) is 18.2. The number of carbonyl (C=O) groups excluding carboxylic acids is 1. The van der Waals surface area contributed by atoms with Crippen molar-refractivity contribution in [2.24, 2.45) is 0 Å². The first-order valence-corrected chi connectivity index (χ1v) is 8.67. The normalized spacial score (nSPS) is 13.0. The molecule has 1 aliphatic rings. The molecule has 132 valence electrons. The van der Waals surface area contributed by atoms with Crippen LogP contribution in [0, 0.1) is 0 Å². The fourth-order valence-corrected chi connectivity index (χ4v) is 2.92. The number of hydrogen-bond donors (Lipinski definition) is 0. The number of nitrogens with zero attached hydrogens (tertiary/aromatic N) is 1. The standard InChI is InChI=1S/C19H19Cl2NO3/c1-19(2,3)22(18(23)13-5-6-14(20)15(21)9-13)10-12-4-7-16-17(8-12)25-11-24-16/h4-9H,10-11H2,1-3H3. The Bertz CT molecular complexity index is 815. The van der Waals surface area contributed by atoms with E-state index in [9.17, 15) is 4.79 Å². The van der Waals surface area contributed by atoms with E-state index in [1.165, 1.54) is 0 Å². The lowest BCUT2D eigenvalue weighted by Crippen LogP contribution is -2.45. The highest BCUT2D eigenvalue weighted by molar-refractivity contribution is 6.42. The number of amides is 1. The first kappa shape index (κ1) is 17.9. The number of benzene rings is 2. The third kappa shape index (κ3) is 3.86. The van der Waals surface area contributed by atoms with Crippen molar-refractivity contribution in [2.75, 3.05) is 6.79 Å². The molecule has 0 saturated carbocycles. The SMILES string of the molecule is CC(C)(C)N(Cc1ccc2c(c1)OCO2)C(=O)c1ccc(Cl)c(Cl)c1. The van der Waals surface area contributed by atoms with Crippen molar-refractivity contribution in [3.05, 3.63) is 57.6 Å². The molecule has 0 saturated heterocycles. The van der Waals surface area contributed by atoms with Crippen LogP contribution >= 0.6 is 23.2 Å². The van der Waals surface area contributed by atoms with E-state index in [0.29, 0.717) is 27.9 Å². The van der Waals surface area contributed by atoms with Gasteiger partial charge in [0.15, 0.2) is 11.5 Å². The molecule has 1 heterocycles. The van der Waals surface area contributed by atoms with Crippen molar-refractivity contribution in [1.82, 2.24) is 4.90 Å². The minimum Gasteiger partial charge on any atom is -0.454 e. The average molecular weight is 380 g/mol. The molecule has 6 heteroatoms.